The first-order valence-electron chi connectivity index (χ1n) is 9.50. The normalized spacial score (nSPS) is 18.6. The summed E-state index contributed by atoms with van der Waals surface area (Å²) < 4.78 is 0. The fourth-order valence-electron chi connectivity index (χ4n) is 3.78. The predicted octanol–water partition coefficient (Wildman–Crippen LogP) is 5.12. The first-order chi connectivity index (χ1) is 13.6. The third kappa shape index (κ3) is 3.74. The van der Waals surface area contributed by atoms with Gasteiger partial charge < -0.3 is 11.5 Å². The van der Waals surface area contributed by atoms with E-state index < -0.39 is 5.66 Å². The smallest absolute Gasteiger partial charge is 0.0944 e. The molecular formula is C26H24N2. The van der Waals surface area contributed by atoms with E-state index >= 15 is 0 Å². The van der Waals surface area contributed by atoms with E-state index in [9.17, 15) is 0 Å². The molecule has 0 saturated heterocycles. The Hall–Kier alpha value is -3.20. The van der Waals surface area contributed by atoms with Crippen molar-refractivity contribution in [3.05, 3.63) is 131 Å². The number of hydrogen-bond donors (Lipinski definition) is 2. The van der Waals surface area contributed by atoms with Gasteiger partial charge in [-0.25, -0.2) is 0 Å². The van der Waals surface area contributed by atoms with Gasteiger partial charge in [-0.05, 0) is 33.9 Å². The zero-order valence-corrected chi connectivity index (χ0v) is 15.7. The molecule has 138 valence electrons. The van der Waals surface area contributed by atoms with Crippen molar-refractivity contribution in [3.8, 4) is 0 Å². The highest BCUT2D eigenvalue weighted by atomic mass is 15.0. The molecule has 2 nitrogen and oxygen atoms in total. The number of rotatable bonds is 4. The lowest BCUT2D eigenvalue weighted by Crippen LogP contribution is -2.54. The molecule has 3 aromatic rings. The molecule has 1 aliphatic carbocycles. The summed E-state index contributed by atoms with van der Waals surface area (Å²) in [5.41, 5.74) is 17.9. The summed E-state index contributed by atoms with van der Waals surface area (Å²) in [5.74, 6) is -0.142. The minimum atomic E-state index is -0.962. The Labute approximate surface area is 166 Å². The van der Waals surface area contributed by atoms with E-state index in [-0.39, 0.29) is 5.92 Å². The largest absolute Gasteiger partial charge is 0.309 e. The molecule has 0 fully saturated rings. The topological polar surface area (TPSA) is 52.0 Å². The van der Waals surface area contributed by atoms with Crippen molar-refractivity contribution in [3.63, 3.8) is 0 Å². The molecule has 2 heteroatoms. The van der Waals surface area contributed by atoms with E-state index in [1.807, 2.05) is 54.6 Å². The van der Waals surface area contributed by atoms with Gasteiger partial charge in [0.05, 0.1) is 5.66 Å². The van der Waals surface area contributed by atoms with Crippen LogP contribution in [-0.2, 0) is 0 Å². The highest BCUT2D eigenvalue weighted by Gasteiger charge is 2.37. The van der Waals surface area contributed by atoms with E-state index in [1.165, 1.54) is 0 Å². The molecular weight excluding hydrogens is 340 g/mol. The molecule has 0 radical (unpaired) electrons. The maximum absolute atomic E-state index is 6.58. The maximum Gasteiger partial charge on any atom is 0.0944 e. The van der Waals surface area contributed by atoms with Gasteiger partial charge >= 0.3 is 0 Å². The zero-order chi connectivity index (χ0) is 19.4. The summed E-state index contributed by atoms with van der Waals surface area (Å²) in [5, 5.41) is 0. The standard InChI is InChI=1S/C26H24N2/c27-26(28)19-18-22(17-16-20-10-4-1-5-11-20)24(21-12-6-2-7-13-21)25(26)23-14-8-3-9-15-23/h1-19,25H,27-28H2. The summed E-state index contributed by atoms with van der Waals surface area (Å²) >= 11 is 0. The van der Waals surface area contributed by atoms with Crippen molar-refractivity contribution in [2.24, 2.45) is 11.5 Å². The Morgan fingerprint density at radius 1 is 0.679 bits per heavy atom. The molecule has 28 heavy (non-hydrogen) atoms. The van der Waals surface area contributed by atoms with E-state index in [2.05, 4.69) is 60.7 Å². The van der Waals surface area contributed by atoms with Crippen LogP contribution in [-0.4, -0.2) is 5.66 Å². The van der Waals surface area contributed by atoms with Crippen LogP contribution in [0.3, 0.4) is 0 Å². The van der Waals surface area contributed by atoms with Crippen LogP contribution in [0.15, 0.2) is 115 Å². The molecule has 0 heterocycles. The fraction of sp³-hybridized carbons (Fsp3) is 0.0769. The van der Waals surface area contributed by atoms with Crippen molar-refractivity contribution in [1.82, 2.24) is 0 Å². The van der Waals surface area contributed by atoms with Crippen LogP contribution in [0.4, 0.5) is 0 Å². The zero-order valence-electron chi connectivity index (χ0n) is 15.7. The summed E-state index contributed by atoms with van der Waals surface area (Å²) in [6.45, 7) is 0. The van der Waals surface area contributed by atoms with Crippen LogP contribution in [0.25, 0.3) is 11.6 Å². The minimum absolute atomic E-state index is 0.142. The molecule has 0 saturated carbocycles. The van der Waals surface area contributed by atoms with Crippen molar-refractivity contribution in [2.45, 2.75) is 11.6 Å². The SMILES string of the molecule is NC1(N)C=CC(C=Cc2ccccc2)=C(c2ccccc2)C1c1ccccc1. The van der Waals surface area contributed by atoms with Gasteiger partial charge in [0.1, 0.15) is 0 Å². The van der Waals surface area contributed by atoms with Gasteiger partial charge in [-0.15, -0.1) is 0 Å². The lowest BCUT2D eigenvalue weighted by molar-refractivity contribution is 0.501. The Bertz CT molecular complexity index is 1010. The molecule has 1 atom stereocenters. The van der Waals surface area contributed by atoms with Crippen LogP contribution in [0.1, 0.15) is 22.6 Å². The van der Waals surface area contributed by atoms with Gasteiger partial charge in [-0.3, -0.25) is 0 Å². The fourth-order valence-corrected chi connectivity index (χ4v) is 3.78. The Balaban J connectivity index is 1.89. The summed E-state index contributed by atoms with van der Waals surface area (Å²) in [7, 11) is 0. The van der Waals surface area contributed by atoms with Crippen LogP contribution in [0.2, 0.25) is 0 Å². The molecule has 0 aliphatic heterocycles. The molecule has 3 aromatic carbocycles. The monoisotopic (exact) mass is 364 g/mol. The van der Waals surface area contributed by atoms with Crippen LogP contribution in [0.5, 0.6) is 0 Å². The predicted molar refractivity (Wildman–Crippen MR) is 118 cm³/mol. The molecule has 0 bridgehead atoms. The van der Waals surface area contributed by atoms with Gasteiger partial charge in [0.25, 0.3) is 0 Å². The molecule has 4 rings (SSSR count). The number of nitrogens with two attached hydrogens (primary N) is 2. The van der Waals surface area contributed by atoms with Crippen molar-refractivity contribution in [1.29, 1.82) is 0 Å². The average Bonchev–Trinajstić information content (AvgIpc) is 2.74. The van der Waals surface area contributed by atoms with Crippen molar-refractivity contribution < 1.29 is 0 Å². The molecule has 1 unspecified atom stereocenters. The van der Waals surface area contributed by atoms with Crippen molar-refractivity contribution >= 4 is 11.6 Å². The second-order valence-electron chi connectivity index (χ2n) is 7.16. The first kappa shape index (κ1) is 18.2. The van der Waals surface area contributed by atoms with E-state index in [4.69, 9.17) is 11.5 Å². The molecule has 0 spiro atoms. The van der Waals surface area contributed by atoms with Gasteiger partial charge in [0, 0.05) is 5.92 Å². The second-order valence-corrected chi connectivity index (χ2v) is 7.16. The number of hydrogen-bond acceptors (Lipinski definition) is 2. The van der Waals surface area contributed by atoms with Crippen LogP contribution in [0, 0.1) is 0 Å². The maximum atomic E-state index is 6.58. The van der Waals surface area contributed by atoms with E-state index in [1.54, 1.807) is 0 Å². The minimum Gasteiger partial charge on any atom is -0.309 e. The third-order valence-corrected chi connectivity index (χ3v) is 5.12. The summed E-state index contributed by atoms with van der Waals surface area (Å²) in [4.78, 5) is 0. The van der Waals surface area contributed by atoms with Crippen LogP contribution < -0.4 is 11.5 Å². The lowest BCUT2D eigenvalue weighted by atomic mass is 9.73. The third-order valence-electron chi connectivity index (χ3n) is 5.12. The second kappa shape index (κ2) is 7.81. The number of allylic oxidation sites excluding steroid dienone is 3. The molecule has 1 aliphatic rings. The lowest BCUT2D eigenvalue weighted by Gasteiger charge is -2.37. The Morgan fingerprint density at radius 2 is 1.25 bits per heavy atom. The summed E-state index contributed by atoms with van der Waals surface area (Å²) in [6, 6.07) is 30.9. The highest BCUT2D eigenvalue weighted by Crippen LogP contribution is 2.43. The molecule has 0 aromatic heterocycles. The average molecular weight is 364 g/mol. The first-order valence-corrected chi connectivity index (χ1v) is 9.50. The highest BCUT2D eigenvalue weighted by molar-refractivity contribution is 5.82. The van der Waals surface area contributed by atoms with Crippen molar-refractivity contribution in [2.75, 3.05) is 0 Å². The Morgan fingerprint density at radius 3 is 1.89 bits per heavy atom. The van der Waals surface area contributed by atoms with E-state index in [0.717, 1.165) is 27.8 Å². The van der Waals surface area contributed by atoms with Crippen LogP contribution >= 0.6 is 0 Å². The quantitative estimate of drug-likeness (QED) is 0.631. The van der Waals surface area contributed by atoms with Gasteiger partial charge in [0.15, 0.2) is 0 Å². The molecule has 4 N–H and O–H groups in total. The van der Waals surface area contributed by atoms with Gasteiger partial charge in [0.2, 0.25) is 0 Å². The Kier molecular flexibility index (Phi) is 5.07. The van der Waals surface area contributed by atoms with Gasteiger partial charge in [-0.2, -0.15) is 0 Å². The van der Waals surface area contributed by atoms with E-state index in [0.29, 0.717) is 0 Å². The number of benzene rings is 3. The van der Waals surface area contributed by atoms with Gasteiger partial charge in [-0.1, -0.05) is 109 Å². The molecule has 0 amide bonds. The summed E-state index contributed by atoms with van der Waals surface area (Å²) in [6.07, 6.45) is 8.24.